The first-order valence-electron chi connectivity index (χ1n) is 8.45. The zero-order valence-electron chi connectivity index (χ0n) is 16.3. The molecule has 9 heteroatoms. The van der Waals surface area contributed by atoms with Gasteiger partial charge in [0.15, 0.2) is 17.2 Å². The van der Waals surface area contributed by atoms with E-state index in [-0.39, 0.29) is 5.56 Å². The lowest BCUT2D eigenvalue weighted by atomic mass is 10.1. The third-order valence-electron chi connectivity index (χ3n) is 4.02. The largest absolute Gasteiger partial charge is 0.493 e. The summed E-state index contributed by atoms with van der Waals surface area (Å²) >= 11 is 0. The number of carbonyl (C=O) groups excluding carboxylic acids is 1. The molecular formula is C19H21N5O4. The van der Waals surface area contributed by atoms with Crippen LogP contribution in [-0.2, 0) is 0 Å². The van der Waals surface area contributed by atoms with Crippen molar-refractivity contribution in [2.75, 3.05) is 50.4 Å². The molecule has 28 heavy (non-hydrogen) atoms. The van der Waals surface area contributed by atoms with Gasteiger partial charge in [0, 0.05) is 33.6 Å². The topological polar surface area (TPSA) is 101 Å². The van der Waals surface area contributed by atoms with E-state index in [0.29, 0.717) is 34.2 Å². The number of fused-ring (bicyclic) bond motifs is 1. The molecule has 0 unspecified atom stereocenters. The van der Waals surface area contributed by atoms with Crippen LogP contribution in [0.3, 0.4) is 0 Å². The van der Waals surface area contributed by atoms with Crippen LogP contribution in [0.5, 0.6) is 5.75 Å². The van der Waals surface area contributed by atoms with Crippen molar-refractivity contribution in [2.24, 2.45) is 0 Å². The number of aromatic nitrogens is 2. The van der Waals surface area contributed by atoms with E-state index in [1.54, 1.807) is 42.1 Å². The maximum Gasteiger partial charge on any atom is 0.349 e. The van der Waals surface area contributed by atoms with Crippen molar-refractivity contribution in [3.8, 4) is 5.75 Å². The quantitative estimate of drug-likeness (QED) is 0.668. The molecule has 1 N–H and O–H groups in total. The third kappa shape index (κ3) is 3.59. The highest BCUT2D eigenvalue weighted by Crippen LogP contribution is 2.26. The van der Waals surface area contributed by atoms with Gasteiger partial charge in [-0.3, -0.25) is 4.79 Å². The zero-order valence-corrected chi connectivity index (χ0v) is 16.3. The van der Waals surface area contributed by atoms with Crippen LogP contribution < -0.4 is 25.5 Å². The number of benzene rings is 1. The summed E-state index contributed by atoms with van der Waals surface area (Å²) in [6, 6.07) is 6.64. The number of carbonyl (C=O) groups is 1. The van der Waals surface area contributed by atoms with E-state index in [0.717, 1.165) is 0 Å². The number of para-hydroxylation sites is 1. The van der Waals surface area contributed by atoms with Crippen molar-refractivity contribution in [2.45, 2.75) is 0 Å². The molecule has 0 saturated carbocycles. The third-order valence-corrected chi connectivity index (χ3v) is 4.02. The first-order chi connectivity index (χ1) is 13.3. The van der Waals surface area contributed by atoms with Crippen LogP contribution in [0.1, 0.15) is 10.4 Å². The Morgan fingerprint density at radius 1 is 1.18 bits per heavy atom. The number of hydrogen-bond acceptors (Lipinski definition) is 8. The van der Waals surface area contributed by atoms with E-state index < -0.39 is 11.5 Å². The van der Waals surface area contributed by atoms with Crippen molar-refractivity contribution in [3.05, 3.63) is 46.4 Å². The van der Waals surface area contributed by atoms with Gasteiger partial charge in [0.1, 0.15) is 11.3 Å². The monoisotopic (exact) mass is 383 g/mol. The Balaban J connectivity index is 2.00. The number of methoxy groups -OCH3 is 1. The molecular weight excluding hydrogens is 362 g/mol. The van der Waals surface area contributed by atoms with E-state index >= 15 is 0 Å². The molecule has 2 aromatic heterocycles. The van der Waals surface area contributed by atoms with Crippen LogP contribution in [-0.4, -0.2) is 51.2 Å². The van der Waals surface area contributed by atoms with Gasteiger partial charge in [-0.25, -0.2) is 9.78 Å². The molecule has 0 aliphatic rings. The van der Waals surface area contributed by atoms with E-state index in [1.807, 2.05) is 14.1 Å². The predicted molar refractivity (Wildman–Crippen MR) is 108 cm³/mol. The number of amides is 1. The lowest BCUT2D eigenvalue weighted by molar-refractivity contribution is 0.102. The summed E-state index contributed by atoms with van der Waals surface area (Å²) in [5.41, 5.74) is -0.209. The number of nitrogens with one attached hydrogen (secondary N) is 1. The van der Waals surface area contributed by atoms with Crippen LogP contribution in [0.25, 0.3) is 11.0 Å². The van der Waals surface area contributed by atoms with Crippen molar-refractivity contribution in [3.63, 3.8) is 0 Å². The van der Waals surface area contributed by atoms with E-state index in [2.05, 4.69) is 15.3 Å². The van der Waals surface area contributed by atoms with Crippen LogP contribution in [0, 0.1) is 0 Å². The molecule has 1 amide bonds. The van der Waals surface area contributed by atoms with Gasteiger partial charge in [-0.05, 0) is 12.1 Å². The van der Waals surface area contributed by atoms with E-state index in [1.165, 1.54) is 19.4 Å². The Morgan fingerprint density at radius 2 is 1.93 bits per heavy atom. The normalized spacial score (nSPS) is 10.6. The summed E-state index contributed by atoms with van der Waals surface area (Å²) in [7, 11) is 8.72. The highest BCUT2D eigenvalue weighted by molar-refractivity contribution is 6.06. The molecule has 0 aliphatic carbocycles. The van der Waals surface area contributed by atoms with E-state index in [4.69, 9.17) is 9.15 Å². The van der Waals surface area contributed by atoms with Crippen molar-refractivity contribution in [1.82, 2.24) is 9.97 Å². The zero-order chi connectivity index (χ0) is 20.4. The SMILES string of the molecule is COc1cccc2cc(C(=O)Nc3cnc(N(C)C)nc3N(C)C)c(=O)oc12. The summed E-state index contributed by atoms with van der Waals surface area (Å²) in [4.78, 5) is 37.2. The molecule has 0 fully saturated rings. The molecule has 0 atom stereocenters. The molecule has 0 spiro atoms. The molecule has 0 bridgehead atoms. The Labute approximate surface area is 161 Å². The Bertz CT molecular complexity index is 1090. The highest BCUT2D eigenvalue weighted by Gasteiger charge is 2.19. The molecule has 146 valence electrons. The van der Waals surface area contributed by atoms with Gasteiger partial charge in [-0.2, -0.15) is 4.98 Å². The first-order valence-corrected chi connectivity index (χ1v) is 8.45. The molecule has 0 radical (unpaired) electrons. The maximum atomic E-state index is 12.7. The molecule has 1 aromatic carbocycles. The van der Waals surface area contributed by atoms with Gasteiger partial charge in [-0.1, -0.05) is 12.1 Å². The lowest BCUT2D eigenvalue weighted by Crippen LogP contribution is -2.24. The molecule has 9 nitrogen and oxygen atoms in total. The summed E-state index contributed by atoms with van der Waals surface area (Å²) in [5, 5.41) is 3.27. The lowest BCUT2D eigenvalue weighted by Gasteiger charge is -2.19. The van der Waals surface area contributed by atoms with Crippen LogP contribution in [0.15, 0.2) is 39.7 Å². The summed E-state index contributed by atoms with van der Waals surface area (Å²) < 4.78 is 10.5. The molecule has 3 aromatic rings. The second-order valence-corrected chi connectivity index (χ2v) is 6.48. The summed E-state index contributed by atoms with van der Waals surface area (Å²) in [6.07, 6.45) is 1.50. The second kappa shape index (κ2) is 7.55. The van der Waals surface area contributed by atoms with Crippen molar-refractivity contribution < 1.29 is 13.9 Å². The average Bonchev–Trinajstić information content (AvgIpc) is 2.66. The molecule has 3 rings (SSSR count). The Morgan fingerprint density at radius 3 is 2.57 bits per heavy atom. The predicted octanol–water partition coefficient (Wildman–Crippen LogP) is 1.98. The Hall–Kier alpha value is -3.62. The second-order valence-electron chi connectivity index (χ2n) is 6.48. The highest BCUT2D eigenvalue weighted by atomic mass is 16.5. The standard InChI is InChI=1S/C19H21N5O4/c1-23(2)16-13(10-20-19(22-16)24(3)4)21-17(25)12-9-11-7-6-8-14(27-5)15(11)28-18(12)26/h6-10H,1-5H3,(H,21,25). The average molecular weight is 383 g/mol. The minimum absolute atomic E-state index is 0.123. The van der Waals surface area contributed by atoms with Gasteiger partial charge in [0.2, 0.25) is 5.95 Å². The van der Waals surface area contributed by atoms with Gasteiger partial charge < -0.3 is 24.3 Å². The maximum absolute atomic E-state index is 12.7. The minimum atomic E-state index is -0.758. The minimum Gasteiger partial charge on any atom is -0.493 e. The smallest absolute Gasteiger partial charge is 0.349 e. The fourth-order valence-corrected chi connectivity index (χ4v) is 2.63. The molecule has 0 aliphatic heterocycles. The first kappa shape index (κ1) is 19.2. The van der Waals surface area contributed by atoms with Crippen molar-refractivity contribution >= 4 is 34.3 Å². The fourth-order valence-electron chi connectivity index (χ4n) is 2.63. The number of ether oxygens (including phenoxy) is 1. The summed E-state index contributed by atoms with van der Waals surface area (Å²) in [5.74, 6) is 0.824. The Kier molecular flexibility index (Phi) is 5.16. The molecule has 0 saturated heterocycles. The fraction of sp³-hybridized carbons (Fsp3) is 0.263. The van der Waals surface area contributed by atoms with Crippen LogP contribution in [0.2, 0.25) is 0 Å². The molecule has 2 heterocycles. The summed E-state index contributed by atoms with van der Waals surface area (Å²) in [6.45, 7) is 0. The van der Waals surface area contributed by atoms with Crippen molar-refractivity contribution in [1.29, 1.82) is 0 Å². The number of rotatable bonds is 5. The number of hydrogen-bond donors (Lipinski definition) is 1. The van der Waals surface area contributed by atoms with Gasteiger partial charge in [0.05, 0.1) is 13.3 Å². The number of nitrogens with zero attached hydrogens (tertiary/aromatic N) is 4. The van der Waals surface area contributed by atoms with Crippen LogP contribution >= 0.6 is 0 Å². The van der Waals surface area contributed by atoms with Gasteiger partial charge in [0.25, 0.3) is 5.91 Å². The van der Waals surface area contributed by atoms with Crippen LogP contribution in [0.4, 0.5) is 17.5 Å². The van der Waals surface area contributed by atoms with Gasteiger partial charge in [-0.15, -0.1) is 0 Å². The number of anilines is 3. The van der Waals surface area contributed by atoms with Gasteiger partial charge >= 0.3 is 5.63 Å². The van der Waals surface area contributed by atoms with E-state index in [9.17, 15) is 9.59 Å².